The highest BCUT2D eigenvalue weighted by atomic mass is 32.1. The van der Waals surface area contributed by atoms with Crippen LogP contribution in [0.5, 0.6) is 5.75 Å². The maximum Gasteiger partial charge on any atom is 0.313 e. The van der Waals surface area contributed by atoms with Gasteiger partial charge in [-0.1, -0.05) is 19.9 Å². The molecule has 1 aromatic heterocycles. The number of methoxy groups -OCH3 is 1. The molecule has 0 spiro atoms. The van der Waals surface area contributed by atoms with Crippen molar-refractivity contribution >= 4 is 46.1 Å². The number of anilines is 3. The Hall–Kier alpha value is -3.92. The highest BCUT2D eigenvalue weighted by molar-refractivity contribution is 7.13. The molecule has 2 aromatic carbocycles. The second-order valence-corrected chi connectivity index (χ2v) is 9.59. The average Bonchev–Trinajstić information content (AvgIpc) is 3.29. The molecule has 0 atom stereocenters. The van der Waals surface area contributed by atoms with Gasteiger partial charge in [0, 0.05) is 23.5 Å². The van der Waals surface area contributed by atoms with Gasteiger partial charge in [0.2, 0.25) is 0 Å². The van der Waals surface area contributed by atoms with Gasteiger partial charge in [-0.2, -0.15) is 0 Å². The van der Waals surface area contributed by atoms with E-state index in [-0.39, 0.29) is 12.5 Å². The van der Waals surface area contributed by atoms with Crippen LogP contribution in [0.4, 0.5) is 17.1 Å². The number of hydrogen-bond acceptors (Lipinski definition) is 7. The quantitative estimate of drug-likeness (QED) is 0.368. The molecule has 0 aliphatic carbocycles. The summed E-state index contributed by atoms with van der Waals surface area (Å²) in [7, 11) is 1.55. The number of fused-ring (bicyclic) bond motifs is 1. The second kappa shape index (κ2) is 10.1. The Balaban J connectivity index is 1.41. The van der Waals surface area contributed by atoms with Crippen LogP contribution in [0.3, 0.4) is 0 Å². The fourth-order valence-corrected chi connectivity index (χ4v) is 4.70. The molecule has 9 nitrogen and oxygen atoms in total. The number of carbonyl (C=O) groups is 3. The monoisotopic (exact) mass is 493 g/mol. The summed E-state index contributed by atoms with van der Waals surface area (Å²) in [6.45, 7) is 4.70. The summed E-state index contributed by atoms with van der Waals surface area (Å²) in [6, 6.07) is 12.3. The van der Waals surface area contributed by atoms with Crippen molar-refractivity contribution in [3.63, 3.8) is 0 Å². The van der Waals surface area contributed by atoms with Gasteiger partial charge in [0.1, 0.15) is 5.75 Å². The van der Waals surface area contributed by atoms with E-state index in [0.29, 0.717) is 46.7 Å². The summed E-state index contributed by atoms with van der Waals surface area (Å²) in [5, 5.41) is 5.75. The summed E-state index contributed by atoms with van der Waals surface area (Å²) < 4.78 is 5.10. The van der Waals surface area contributed by atoms with Crippen molar-refractivity contribution in [3.05, 3.63) is 63.6 Å². The molecule has 1 aliphatic heterocycles. The van der Waals surface area contributed by atoms with Crippen LogP contribution in [0.1, 0.15) is 45.7 Å². The van der Waals surface area contributed by atoms with Gasteiger partial charge in [-0.25, -0.2) is 4.98 Å². The number of hydrogen-bond donors (Lipinski definition) is 3. The molecule has 0 saturated heterocycles. The van der Waals surface area contributed by atoms with E-state index in [1.54, 1.807) is 37.4 Å². The van der Waals surface area contributed by atoms with Crippen molar-refractivity contribution in [2.75, 3.05) is 30.0 Å². The van der Waals surface area contributed by atoms with Crippen molar-refractivity contribution in [1.29, 1.82) is 0 Å². The summed E-state index contributed by atoms with van der Waals surface area (Å²) in [5.74, 6) is -0.764. The minimum atomic E-state index is -0.721. The van der Waals surface area contributed by atoms with Crippen LogP contribution < -0.4 is 21.1 Å². The Bertz CT molecular complexity index is 1270. The van der Waals surface area contributed by atoms with Crippen LogP contribution in [0, 0.1) is 0 Å². The number of nitrogens with two attached hydrogens (primary N) is 1. The first-order valence-corrected chi connectivity index (χ1v) is 12.0. The minimum Gasteiger partial charge on any atom is -0.497 e. The fourth-order valence-electron chi connectivity index (χ4n) is 3.69. The summed E-state index contributed by atoms with van der Waals surface area (Å²) >= 11 is 1.22. The van der Waals surface area contributed by atoms with Crippen LogP contribution >= 0.6 is 11.3 Å². The highest BCUT2D eigenvalue weighted by Gasteiger charge is 2.29. The van der Waals surface area contributed by atoms with Gasteiger partial charge in [0.05, 0.1) is 30.7 Å². The predicted molar refractivity (Wildman–Crippen MR) is 136 cm³/mol. The van der Waals surface area contributed by atoms with Crippen molar-refractivity contribution in [1.82, 2.24) is 9.88 Å². The summed E-state index contributed by atoms with van der Waals surface area (Å²) in [5.41, 5.74) is 9.39. The fraction of sp³-hybridized carbons (Fsp3) is 0.280. The molecule has 4 N–H and O–H groups in total. The van der Waals surface area contributed by atoms with E-state index in [4.69, 9.17) is 10.5 Å². The Morgan fingerprint density at radius 1 is 1.11 bits per heavy atom. The first kappa shape index (κ1) is 24.2. The number of thiazole rings is 1. The van der Waals surface area contributed by atoms with E-state index in [2.05, 4.69) is 29.5 Å². The Morgan fingerprint density at radius 2 is 1.86 bits per heavy atom. The zero-order valence-corrected chi connectivity index (χ0v) is 20.6. The molecular formula is C25H27N5O4S. The third kappa shape index (κ3) is 5.43. The van der Waals surface area contributed by atoms with Gasteiger partial charge in [-0.15, -0.1) is 11.3 Å². The van der Waals surface area contributed by atoms with Crippen molar-refractivity contribution in [3.8, 4) is 5.75 Å². The lowest BCUT2D eigenvalue weighted by atomic mass is 10.0. The molecule has 4 rings (SSSR count). The lowest BCUT2D eigenvalue weighted by Gasteiger charge is -2.25. The number of nitrogen functional groups attached to an aromatic ring is 1. The van der Waals surface area contributed by atoms with Gasteiger partial charge in [-0.3, -0.25) is 14.4 Å². The molecule has 0 saturated carbocycles. The standard InChI is InChI=1S/C25H27N5O4S/c1-14(2)15-4-9-18(26)20(12-15)28-22(31)24-29-19-10-11-30(13-21(19)35-24)25(33)23(32)27-16-5-7-17(34-3)8-6-16/h4-9,12,14H,10-11,13,26H2,1-3H3,(H,27,32)(H,28,31). The number of amides is 3. The molecule has 0 unspecified atom stereocenters. The number of nitrogens with zero attached hydrogens (tertiary/aromatic N) is 2. The zero-order valence-electron chi connectivity index (χ0n) is 19.8. The number of aromatic nitrogens is 1. The third-order valence-electron chi connectivity index (χ3n) is 5.75. The minimum absolute atomic E-state index is 0.222. The molecule has 35 heavy (non-hydrogen) atoms. The van der Waals surface area contributed by atoms with Gasteiger partial charge >= 0.3 is 11.8 Å². The van der Waals surface area contributed by atoms with Crippen LogP contribution in [-0.4, -0.2) is 41.3 Å². The molecule has 3 aromatic rings. The smallest absolute Gasteiger partial charge is 0.313 e. The highest BCUT2D eigenvalue weighted by Crippen LogP contribution is 2.28. The lowest BCUT2D eigenvalue weighted by molar-refractivity contribution is -0.143. The SMILES string of the molecule is COc1ccc(NC(=O)C(=O)N2CCc3nc(C(=O)Nc4cc(C(C)C)ccc4N)sc3C2)cc1. The van der Waals surface area contributed by atoms with Crippen molar-refractivity contribution < 1.29 is 19.1 Å². The molecule has 0 fully saturated rings. The second-order valence-electron chi connectivity index (χ2n) is 8.50. The van der Waals surface area contributed by atoms with Crippen LogP contribution in [-0.2, 0) is 22.6 Å². The summed E-state index contributed by atoms with van der Waals surface area (Å²) in [6.07, 6.45) is 0.464. The molecule has 0 bridgehead atoms. The van der Waals surface area contributed by atoms with Gasteiger partial charge in [0.25, 0.3) is 5.91 Å². The molecule has 182 valence electrons. The number of benzene rings is 2. The number of carbonyl (C=O) groups excluding carboxylic acids is 3. The van der Waals surface area contributed by atoms with Crippen LogP contribution in [0.15, 0.2) is 42.5 Å². The normalized spacial score (nSPS) is 12.7. The largest absolute Gasteiger partial charge is 0.497 e. The molecule has 2 heterocycles. The van der Waals surface area contributed by atoms with Crippen LogP contribution in [0.2, 0.25) is 0 Å². The molecule has 3 amide bonds. The third-order valence-corrected chi connectivity index (χ3v) is 6.83. The van der Waals surface area contributed by atoms with E-state index in [1.807, 2.05) is 12.1 Å². The maximum atomic E-state index is 12.9. The van der Waals surface area contributed by atoms with Gasteiger partial charge < -0.3 is 26.0 Å². The molecular weight excluding hydrogens is 466 g/mol. The van der Waals surface area contributed by atoms with E-state index >= 15 is 0 Å². The van der Waals surface area contributed by atoms with E-state index < -0.39 is 11.8 Å². The first-order valence-electron chi connectivity index (χ1n) is 11.2. The van der Waals surface area contributed by atoms with Gasteiger partial charge in [0.15, 0.2) is 5.01 Å². The average molecular weight is 494 g/mol. The summed E-state index contributed by atoms with van der Waals surface area (Å²) in [4.78, 5) is 44.8. The van der Waals surface area contributed by atoms with E-state index in [9.17, 15) is 14.4 Å². The topological polar surface area (TPSA) is 127 Å². The zero-order chi connectivity index (χ0) is 25.1. The number of ether oxygens (including phenoxy) is 1. The molecule has 0 radical (unpaired) electrons. The van der Waals surface area contributed by atoms with Crippen LogP contribution in [0.25, 0.3) is 0 Å². The van der Waals surface area contributed by atoms with E-state index in [1.165, 1.54) is 16.2 Å². The maximum absolute atomic E-state index is 12.9. The Labute approximate surface area is 207 Å². The van der Waals surface area contributed by atoms with E-state index in [0.717, 1.165) is 16.1 Å². The first-order chi connectivity index (χ1) is 16.7. The van der Waals surface area contributed by atoms with Crippen molar-refractivity contribution in [2.24, 2.45) is 0 Å². The van der Waals surface area contributed by atoms with Crippen molar-refractivity contribution in [2.45, 2.75) is 32.7 Å². The predicted octanol–water partition coefficient (Wildman–Crippen LogP) is 3.63. The number of rotatable bonds is 5. The Morgan fingerprint density at radius 3 is 2.54 bits per heavy atom. The van der Waals surface area contributed by atoms with Gasteiger partial charge in [-0.05, 0) is 47.9 Å². The Kier molecular flexibility index (Phi) is 7.02. The molecule has 1 aliphatic rings. The number of nitrogens with one attached hydrogen (secondary N) is 2. The lowest BCUT2D eigenvalue weighted by Crippen LogP contribution is -2.42. The molecule has 10 heteroatoms.